The van der Waals surface area contributed by atoms with Gasteiger partial charge in [0.15, 0.2) is 0 Å². The number of carbonyl (C=O) groups excluding carboxylic acids is 2. The largest absolute Gasteiger partial charge is 0.472 e. The van der Waals surface area contributed by atoms with Crippen molar-refractivity contribution in [2.45, 2.75) is 225 Å². The first-order valence-corrected chi connectivity index (χ1v) is 23.0. The Morgan fingerprint density at radius 1 is 0.442 bits per heavy atom. The van der Waals surface area contributed by atoms with E-state index in [1.165, 1.54) is 135 Å². The zero-order valence-electron chi connectivity index (χ0n) is 33.6. The molecule has 0 aliphatic heterocycles. The highest BCUT2D eigenvalue weighted by Gasteiger charge is 2.27. The van der Waals surface area contributed by atoms with Gasteiger partial charge in [0.2, 0.25) is 0 Å². The number of unbranched alkanes of at least 4 members (excludes halogenated alkanes) is 27. The van der Waals surface area contributed by atoms with Crippen molar-refractivity contribution in [2.75, 3.05) is 26.4 Å². The maximum atomic E-state index is 12.3. The smallest absolute Gasteiger partial charge is 0.457 e. The van der Waals surface area contributed by atoms with Crippen LogP contribution >= 0.6 is 7.82 Å². The summed E-state index contributed by atoms with van der Waals surface area (Å²) in [5.74, 6) is -1.01. The molecule has 0 aliphatic rings. The van der Waals surface area contributed by atoms with Gasteiger partial charge in [-0.2, -0.15) is 0 Å². The Morgan fingerprint density at radius 2 is 0.673 bits per heavy atom. The fraction of sp³-hybridized carbons (Fsp3) is 0.951. The zero-order chi connectivity index (χ0) is 38.4. The fourth-order valence-corrected chi connectivity index (χ4v) is 7.02. The first-order valence-electron chi connectivity index (χ1n) is 21.5. The molecule has 0 fully saturated rings. The van der Waals surface area contributed by atoms with Crippen LogP contribution in [0.1, 0.15) is 213 Å². The van der Waals surface area contributed by atoms with Crippen LogP contribution in [0.3, 0.4) is 0 Å². The minimum Gasteiger partial charge on any atom is -0.457 e. The molecular formula is C41H81O10P. The lowest BCUT2D eigenvalue weighted by Gasteiger charge is -2.20. The highest BCUT2D eigenvalue weighted by molar-refractivity contribution is 7.47. The summed E-state index contributed by atoms with van der Waals surface area (Å²) in [5, 5.41) is 19.1. The van der Waals surface area contributed by atoms with Crippen molar-refractivity contribution < 1.29 is 47.8 Å². The van der Waals surface area contributed by atoms with Gasteiger partial charge in [0, 0.05) is 12.8 Å². The Bertz CT molecular complexity index is 842. The molecule has 0 bridgehead atoms. The summed E-state index contributed by atoms with van der Waals surface area (Å²) in [5.41, 5.74) is 0. The average Bonchev–Trinajstić information content (AvgIpc) is 3.13. The van der Waals surface area contributed by atoms with Gasteiger partial charge in [-0.1, -0.05) is 187 Å². The second-order valence-electron chi connectivity index (χ2n) is 14.7. The molecule has 52 heavy (non-hydrogen) atoms. The van der Waals surface area contributed by atoms with Crippen LogP contribution in [0.2, 0.25) is 0 Å². The number of aliphatic hydroxyl groups excluding tert-OH is 2. The molecule has 0 aromatic carbocycles. The molecule has 3 atom stereocenters. The van der Waals surface area contributed by atoms with Crippen molar-refractivity contribution in [2.24, 2.45) is 0 Å². The molecule has 0 aromatic heterocycles. The molecule has 11 heteroatoms. The number of ether oxygens (including phenoxy) is 2. The van der Waals surface area contributed by atoms with E-state index in [4.69, 9.17) is 18.5 Å². The molecule has 0 aliphatic carbocycles. The van der Waals surface area contributed by atoms with Crippen molar-refractivity contribution in [3.05, 3.63) is 0 Å². The average molecular weight is 765 g/mol. The van der Waals surface area contributed by atoms with Crippen LogP contribution in [-0.2, 0) is 32.7 Å². The van der Waals surface area contributed by atoms with Gasteiger partial charge >= 0.3 is 19.8 Å². The predicted molar refractivity (Wildman–Crippen MR) is 210 cm³/mol. The normalized spacial score (nSPS) is 13.9. The SMILES string of the molecule is CCCCCCCCCCCCCCCCCCCCCCCC(=O)OC(CO)COP(=O)(O)OCC(CO)OC(=O)CCCCCCCCCC. The summed E-state index contributed by atoms with van der Waals surface area (Å²) >= 11 is 0. The van der Waals surface area contributed by atoms with Crippen LogP contribution in [-0.4, -0.2) is 65.7 Å². The Labute approximate surface area is 318 Å². The van der Waals surface area contributed by atoms with Gasteiger partial charge in [-0.15, -0.1) is 0 Å². The molecule has 10 nitrogen and oxygen atoms in total. The van der Waals surface area contributed by atoms with E-state index < -0.39 is 58.4 Å². The molecule has 0 radical (unpaired) electrons. The van der Waals surface area contributed by atoms with Gasteiger partial charge in [0.05, 0.1) is 26.4 Å². The summed E-state index contributed by atoms with van der Waals surface area (Å²) in [6.45, 7) is 2.20. The van der Waals surface area contributed by atoms with Crippen LogP contribution in [0.25, 0.3) is 0 Å². The fourth-order valence-electron chi connectivity index (χ4n) is 6.23. The van der Waals surface area contributed by atoms with E-state index in [1.54, 1.807) is 0 Å². The van der Waals surface area contributed by atoms with Gasteiger partial charge in [0.25, 0.3) is 0 Å². The van der Waals surface area contributed by atoms with Crippen molar-refractivity contribution in [3.63, 3.8) is 0 Å². The van der Waals surface area contributed by atoms with Crippen LogP contribution in [0.5, 0.6) is 0 Å². The Hall–Kier alpha value is -1.03. The van der Waals surface area contributed by atoms with Gasteiger partial charge in [-0.25, -0.2) is 4.57 Å². The first kappa shape index (κ1) is 51.0. The second-order valence-corrected chi connectivity index (χ2v) is 16.1. The lowest BCUT2D eigenvalue weighted by Crippen LogP contribution is -2.28. The van der Waals surface area contributed by atoms with E-state index in [1.807, 2.05) is 0 Å². The summed E-state index contributed by atoms with van der Waals surface area (Å²) in [4.78, 5) is 34.3. The summed E-state index contributed by atoms with van der Waals surface area (Å²) < 4.78 is 32.4. The Morgan fingerprint density at radius 3 is 0.904 bits per heavy atom. The van der Waals surface area contributed by atoms with Crippen molar-refractivity contribution in [1.29, 1.82) is 0 Å². The van der Waals surface area contributed by atoms with Gasteiger partial charge in [-0.3, -0.25) is 18.6 Å². The number of carbonyl (C=O) groups is 2. The summed E-state index contributed by atoms with van der Waals surface area (Å²) in [6.07, 6.45) is 33.9. The first-order chi connectivity index (χ1) is 25.3. The van der Waals surface area contributed by atoms with Crippen molar-refractivity contribution in [1.82, 2.24) is 0 Å². The molecule has 0 rings (SSSR count). The molecule has 0 amide bonds. The lowest BCUT2D eigenvalue weighted by atomic mass is 10.0. The van der Waals surface area contributed by atoms with Gasteiger partial charge in [0.1, 0.15) is 12.2 Å². The van der Waals surface area contributed by atoms with E-state index in [-0.39, 0.29) is 12.8 Å². The van der Waals surface area contributed by atoms with Crippen LogP contribution in [0.15, 0.2) is 0 Å². The minimum atomic E-state index is -4.62. The molecule has 0 aromatic rings. The number of aliphatic hydroxyl groups is 2. The van der Waals surface area contributed by atoms with E-state index in [0.717, 1.165) is 38.5 Å². The molecule has 3 unspecified atom stereocenters. The molecule has 0 saturated carbocycles. The third kappa shape index (κ3) is 36.0. The number of hydrogen-bond donors (Lipinski definition) is 3. The number of phosphoric ester groups is 1. The molecule has 310 valence electrons. The van der Waals surface area contributed by atoms with Crippen LogP contribution < -0.4 is 0 Å². The van der Waals surface area contributed by atoms with E-state index in [9.17, 15) is 29.3 Å². The highest BCUT2D eigenvalue weighted by Crippen LogP contribution is 2.43. The van der Waals surface area contributed by atoms with E-state index in [2.05, 4.69) is 13.8 Å². The predicted octanol–water partition coefficient (Wildman–Crippen LogP) is 11.1. The Balaban J connectivity index is 3.80. The molecule has 0 heterocycles. The summed E-state index contributed by atoms with van der Waals surface area (Å²) in [7, 11) is -4.62. The quantitative estimate of drug-likeness (QED) is 0.0312. The second kappa shape index (κ2) is 38.3. The number of esters is 2. The Kier molecular flexibility index (Phi) is 37.5. The van der Waals surface area contributed by atoms with Crippen LogP contribution in [0, 0.1) is 0 Å². The molecule has 0 saturated heterocycles. The third-order valence-corrected chi connectivity index (χ3v) is 10.5. The third-order valence-electron chi connectivity index (χ3n) is 9.57. The van der Waals surface area contributed by atoms with Crippen molar-refractivity contribution >= 4 is 19.8 Å². The number of phosphoric acid groups is 1. The zero-order valence-corrected chi connectivity index (χ0v) is 34.4. The van der Waals surface area contributed by atoms with Gasteiger partial charge < -0.3 is 24.6 Å². The monoisotopic (exact) mass is 765 g/mol. The van der Waals surface area contributed by atoms with Gasteiger partial charge in [-0.05, 0) is 12.8 Å². The lowest BCUT2D eigenvalue weighted by molar-refractivity contribution is -0.153. The molecular weight excluding hydrogens is 683 g/mol. The summed E-state index contributed by atoms with van der Waals surface area (Å²) in [6, 6.07) is 0. The molecule has 0 spiro atoms. The van der Waals surface area contributed by atoms with E-state index >= 15 is 0 Å². The maximum absolute atomic E-state index is 12.3. The topological polar surface area (TPSA) is 149 Å². The maximum Gasteiger partial charge on any atom is 0.472 e. The van der Waals surface area contributed by atoms with Crippen molar-refractivity contribution in [3.8, 4) is 0 Å². The number of hydrogen-bond acceptors (Lipinski definition) is 9. The molecule has 3 N–H and O–H groups in total. The standard InChI is InChI=1S/C41H81O10P/c1-3-5-7-9-11-13-14-15-16-17-18-19-20-21-22-23-24-25-27-29-31-33-41(45)51-39(35-43)37-49-52(46,47)48-36-38(34-42)50-40(44)32-30-28-26-12-10-8-6-4-2/h38-39,42-43H,3-37H2,1-2H3,(H,46,47). The highest BCUT2D eigenvalue weighted by atomic mass is 31.2. The number of rotatable bonds is 41. The van der Waals surface area contributed by atoms with E-state index in [0.29, 0.717) is 12.8 Å². The van der Waals surface area contributed by atoms with Crippen LogP contribution in [0.4, 0.5) is 0 Å². The minimum absolute atomic E-state index is 0.196.